The summed E-state index contributed by atoms with van der Waals surface area (Å²) in [6.45, 7) is 0. The third-order valence-electron chi connectivity index (χ3n) is 3.61. The average molecular weight is 272 g/mol. The minimum atomic E-state index is -1.97. The first-order valence-corrected chi connectivity index (χ1v) is 6.48. The summed E-state index contributed by atoms with van der Waals surface area (Å²) in [7, 11) is 0. The molecule has 1 aliphatic carbocycles. The minimum Gasteiger partial charge on any atom is -0.299 e. The molecule has 0 bridgehead atoms. The summed E-state index contributed by atoms with van der Waals surface area (Å²) in [5.74, 6) is -2.19. The number of carbonyl (C=O) groups is 4. The third-order valence-corrected chi connectivity index (χ3v) is 3.61. The average Bonchev–Trinajstić information content (AvgIpc) is 2.63. The van der Waals surface area contributed by atoms with Gasteiger partial charge in [0.2, 0.25) is 0 Å². The van der Waals surface area contributed by atoms with Crippen LogP contribution >= 0.6 is 0 Å². The SMILES string of the molecule is [2H]C1(N2C(=O)c3ccccc3C2=O)CCCC(=O)CC1=O. The quantitative estimate of drug-likeness (QED) is 0.439. The predicted octanol–water partition coefficient (Wildman–Crippen LogP) is 1.36. The Bertz CT molecular complexity index is 649. The van der Waals surface area contributed by atoms with E-state index in [4.69, 9.17) is 1.37 Å². The molecule has 0 saturated heterocycles. The Morgan fingerprint density at radius 1 is 1.05 bits per heavy atom. The fourth-order valence-corrected chi connectivity index (χ4v) is 2.63. The van der Waals surface area contributed by atoms with Gasteiger partial charge in [0.25, 0.3) is 11.8 Å². The third kappa shape index (κ3) is 1.86. The summed E-state index contributed by atoms with van der Waals surface area (Å²) in [6, 6.07) is 4.29. The number of imide groups is 1. The highest BCUT2D eigenvalue weighted by Gasteiger charge is 2.43. The molecule has 1 atom stereocenters. The molecule has 5 nitrogen and oxygen atoms in total. The van der Waals surface area contributed by atoms with Crippen LogP contribution in [0.25, 0.3) is 0 Å². The van der Waals surface area contributed by atoms with E-state index in [9.17, 15) is 19.2 Å². The lowest BCUT2D eigenvalue weighted by Crippen LogP contribution is -2.44. The number of Topliss-reactive ketones (excluding diaryl/α,β-unsaturated/α-hetero) is 2. The molecule has 0 aromatic heterocycles. The normalized spacial score (nSPS) is 27.4. The van der Waals surface area contributed by atoms with Gasteiger partial charge in [-0.3, -0.25) is 24.1 Å². The molecule has 1 aromatic carbocycles. The van der Waals surface area contributed by atoms with Crippen LogP contribution in [0.5, 0.6) is 0 Å². The smallest absolute Gasteiger partial charge is 0.262 e. The second-order valence-electron chi connectivity index (χ2n) is 4.93. The standard InChI is InChI=1S/C15H13NO4/c17-9-4-3-7-12(13(18)8-9)16-14(19)10-5-1-2-6-11(10)15(16)20/h1-2,5-6,12H,3-4,7-8H2/i12D. The van der Waals surface area contributed by atoms with Crippen LogP contribution in [0.2, 0.25) is 0 Å². The molecule has 1 heterocycles. The van der Waals surface area contributed by atoms with Gasteiger partial charge in [0.05, 0.1) is 24.9 Å². The van der Waals surface area contributed by atoms with Crippen molar-refractivity contribution in [2.75, 3.05) is 0 Å². The number of benzene rings is 1. The van der Waals surface area contributed by atoms with Gasteiger partial charge >= 0.3 is 0 Å². The molecule has 0 radical (unpaired) electrons. The molecule has 0 N–H and O–H groups in total. The molecule has 2 aliphatic rings. The summed E-state index contributed by atoms with van der Waals surface area (Å²) in [4.78, 5) is 49.2. The maximum absolute atomic E-state index is 12.4. The Hall–Kier alpha value is -2.30. The van der Waals surface area contributed by atoms with Crippen molar-refractivity contribution in [3.8, 4) is 0 Å². The molecule has 1 aromatic rings. The zero-order valence-corrected chi connectivity index (χ0v) is 10.7. The van der Waals surface area contributed by atoms with Crippen molar-refractivity contribution < 1.29 is 20.5 Å². The lowest BCUT2D eigenvalue weighted by Gasteiger charge is -2.23. The maximum Gasteiger partial charge on any atom is 0.262 e. The number of nitrogens with zero attached hydrogens (tertiary/aromatic N) is 1. The van der Waals surface area contributed by atoms with Gasteiger partial charge in [-0.15, -0.1) is 0 Å². The zero-order valence-electron chi connectivity index (χ0n) is 11.7. The monoisotopic (exact) mass is 272 g/mol. The number of ketones is 2. The summed E-state index contributed by atoms with van der Waals surface area (Å²) >= 11 is 0. The Labute approximate surface area is 117 Å². The van der Waals surface area contributed by atoms with Crippen LogP contribution < -0.4 is 0 Å². The van der Waals surface area contributed by atoms with E-state index in [0.717, 1.165) is 4.90 Å². The van der Waals surface area contributed by atoms with Crippen molar-refractivity contribution >= 4 is 23.4 Å². The van der Waals surface area contributed by atoms with Crippen LogP contribution in [-0.4, -0.2) is 34.3 Å². The van der Waals surface area contributed by atoms with Gasteiger partial charge in [0.1, 0.15) is 5.78 Å². The fraction of sp³-hybridized carbons (Fsp3) is 0.333. The fourth-order valence-electron chi connectivity index (χ4n) is 2.63. The Morgan fingerprint density at radius 2 is 1.65 bits per heavy atom. The molecule has 102 valence electrons. The van der Waals surface area contributed by atoms with Crippen LogP contribution in [0.15, 0.2) is 24.3 Å². The summed E-state index contributed by atoms with van der Waals surface area (Å²) in [5, 5.41) is 0. The molecule has 1 saturated carbocycles. The second kappa shape index (κ2) is 4.67. The van der Waals surface area contributed by atoms with E-state index in [-0.39, 0.29) is 29.8 Å². The first-order valence-electron chi connectivity index (χ1n) is 6.98. The van der Waals surface area contributed by atoms with Crippen molar-refractivity contribution in [2.45, 2.75) is 31.7 Å². The van der Waals surface area contributed by atoms with E-state index in [1.807, 2.05) is 0 Å². The van der Waals surface area contributed by atoms with Gasteiger partial charge in [0.15, 0.2) is 5.78 Å². The van der Waals surface area contributed by atoms with Crippen LogP contribution in [0.1, 0.15) is 47.8 Å². The summed E-state index contributed by atoms with van der Waals surface area (Å²) in [6.07, 6.45) is 0.136. The van der Waals surface area contributed by atoms with Crippen molar-refractivity contribution in [3.05, 3.63) is 35.4 Å². The predicted molar refractivity (Wildman–Crippen MR) is 69.2 cm³/mol. The largest absolute Gasteiger partial charge is 0.299 e. The highest BCUT2D eigenvalue weighted by molar-refractivity contribution is 6.23. The minimum absolute atomic E-state index is 0.00302. The first-order chi connectivity index (χ1) is 9.95. The molecular weight excluding hydrogens is 258 g/mol. The van der Waals surface area contributed by atoms with Crippen LogP contribution in [0.4, 0.5) is 0 Å². The number of amides is 2. The van der Waals surface area contributed by atoms with Crippen molar-refractivity contribution in [2.24, 2.45) is 0 Å². The molecule has 1 unspecified atom stereocenters. The van der Waals surface area contributed by atoms with E-state index in [1.165, 1.54) is 12.1 Å². The van der Waals surface area contributed by atoms with Gasteiger partial charge in [-0.2, -0.15) is 0 Å². The van der Waals surface area contributed by atoms with Gasteiger partial charge < -0.3 is 0 Å². The molecule has 2 amide bonds. The van der Waals surface area contributed by atoms with E-state index >= 15 is 0 Å². The lowest BCUT2D eigenvalue weighted by molar-refractivity contribution is -0.128. The Kier molecular flexibility index (Phi) is 2.69. The lowest BCUT2D eigenvalue weighted by atomic mass is 10.1. The molecular formula is C15H13NO4. The Morgan fingerprint density at radius 3 is 2.25 bits per heavy atom. The molecule has 20 heavy (non-hydrogen) atoms. The van der Waals surface area contributed by atoms with Crippen molar-refractivity contribution in [1.82, 2.24) is 4.90 Å². The van der Waals surface area contributed by atoms with Crippen molar-refractivity contribution in [3.63, 3.8) is 0 Å². The molecule has 1 fully saturated rings. The topological polar surface area (TPSA) is 71.5 Å². The highest BCUT2D eigenvalue weighted by Crippen LogP contribution is 2.28. The number of fused-ring (bicyclic) bond motifs is 1. The van der Waals surface area contributed by atoms with Crippen LogP contribution in [-0.2, 0) is 9.59 Å². The van der Waals surface area contributed by atoms with E-state index in [1.54, 1.807) is 12.1 Å². The number of hydrogen-bond donors (Lipinski definition) is 0. The summed E-state index contributed by atoms with van der Waals surface area (Å²) in [5.41, 5.74) is 0.412. The Balaban J connectivity index is 2.05. The zero-order chi connectivity index (χ0) is 15.2. The summed E-state index contributed by atoms with van der Waals surface area (Å²) < 4.78 is 8.37. The highest BCUT2D eigenvalue weighted by atomic mass is 16.2. The van der Waals surface area contributed by atoms with E-state index in [2.05, 4.69) is 0 Å². The van der Waals surface area contributed by atoms with Gasteiger partial charge in [0, 0.05) is 6.42 Å². The molecule has 3 rings (SSSR count). The first kappa shape index (κ1) is 11.5. The molecule has 1 aliphatic heterocycles. The molecule has 5 heteroatoms. The van der Waals surface area contributed by atoms with Crippen LogP contribution in [0.3, 0.4) is 0 Å². The van der Waals surface area contributed by atoms with Crippen LogP contribution in [0, 0.1) is 0 Å². The molecule has 0 spiro atoms. The number of hydrogen-bond acceptors (Lipinski definition) is 4. The van der Waals surface area contributed by atoms with Gasteiger partial charge in [-0.05, 0) is 25.0 Å². The maximum atomic E-state index is 12.4. The van der Waals surface area contributed by atoms with E-state index in [0.29, 0.717) is 6.42 Å². The number of carbonyl (C=O) groups excluding carboxylic acids is 4. The number of rotatable bonds is 1. The second-order valence-corrected chi connectivity index (χ2v) is 4.93. The van der Waals surface area contributed by atoms with Gasteiger partial charge in [-0.25, -0.2) is 0 Å². The van der Waals surface area contributed by atoms with Gasteiger partial charge in [-0.1, -0.05) is 12.1 Å². The van der Waals surface area contributed by atoms with Crippen molar-refractivity contribution in [1.29, 1.82) is 0 Å². The van der Waals surface area contributed by atoms with E-state index < -0.39 is 30.0 Å².